The number of ether oxygens (including phenoxy) is 1. The fraction of sp³-hybridized carbons (Fsp3) is 0.774. The second-order valence-electron chi connectivity index (χ2n) is 12.8. The molecule has 0 aliphatic heterocycles. The molecule has 3 atom stereocenters. The van der Waals surface area contributed by atoms with Crippen LogP contribution in [0, 0.1) is 5.92 Å². The van der Waals surface area contributed by atoms with Crippen molar-refractivity contribution in [2.75, 3.05) is 6.61 Å². The van der Waals surface area contributed by atoms with Gasteiger partial charge in [0.05, 0.1) is 18.1 Å². The normalized spacial score (nSPS) is 20.1. The smallest absolute Gasteiger partial charge is 0.200 e. The quantitative estimate of drug-likeness (QED) is 0.267. The highest BCUT2D eigenvalue weighted by Crippen LogP contribution is 2.44. The van der Waals surface area contributed by atoms with Crippen molar-refractivity contribution in [3.8, 4) is 0 Å². The van der Waals surface area contributed by atoms with E-state index in [1.807, 2.05) is 0 Å². The van der Waals surface area contributed by atoms with E-state index < -0.39 is 8.32 Å². The van der Waals surface area contributed by atoms with Gasteiger partial charge in [0.2, 0.25) is 0 Å². The van der Waals surface area contributed by atoms with Gasteiger partial charge >= 0.3 is 0 Å². The highest BCUT2D eigenvalue weighted by atomic mass is 28.4. The molecule has 0 radical (unpaired) electrons. The molecular weight excluding hydrogens is 448 g/mol. The van der Waals surface area contributed by atoms with Gasteiger partial charge in [0.15, 0.2) is 8.32 Å². The Hall–Kier alpha value is -0.973. The molecule has 0 N–H and O–H groups in total. The van der Waals surface area contributed by atoms with Gasteiger partial charge in [-0.25, -0.2) is 0 Å². The van der Waals surface area contributed by atoms with Crippen LogP contribution >= 0.6 is 0 Å². The van der Waals surface area contributed by atoms with E-state index in [0.29, 0.717) is 53.2 Å². The standard InChI is InChI=1S/C31H54O3Si/c1-18(2)25-14-26(19(3)4)31(27(15-25)20(5)6)24(13)34-30-16-29(32)28(30)17-33-35(21(7)8,22(9)10)23(11)12/h14-15,18-24,28,30H,16-17H2,1-13H3/t24-,28-,30+/m1/s1. The minimum atomic E-state index is -2.01. The van der Waals surface area contributed by atoms with Crippen LogP contribution in [0.25, 0.3) is 0 Å². The first-order valence-corrected chi connectivity index (χ1v) is 16.3. The fourth-order valence-electron chi connectivity index (χ4n) is 6.43. The zero-order chi connectivity index (χ0) is 26.8. The van der Waals surface area contributed by atoms with E-state index >= 15 is 0 Å². The van der Waals surface area contributed by atoms with E-state index in [4.69, 9.17) is 9.16 Å². The van der Waals surface area contributed by atoms with Crippen molar-refractivity contribution in [2.45, 2.75) is 143 Å². The van der Waals surface area contributed by atoms with Crippen LogP contribution in [0.5, 0.6) is 0 Å². The van der Waals surface area contributed by atoms with E-state index in [-0.39, 0.29) is 18.1 Å². The third-order valence-corrected chi connectivity index (χ3v) is 14.5. The van der Waals surface area contributed by atoms with Crippen molar-refractivity contribution >= 4 is 14.1 Å². The van der Waals surface area contributed by atoms with Crippen LogP contribution in [0.1, 0.15) is 143 Å². The minimum Gasteiger partial charge on any atom is -0.415 e. The van der Waals surface area contributed by atoms with Gasteiger partial charge in [-0.15, -0.1) is 0 Å². The average molecular weight is 503 g/mol. The summed E-state index contributed by atoms with van der Waals surface area (Å²) in [7, 11) is -2.01. The topological polar surface area (TPSA) is 35.5 Å². The summed E-state index contributed by atoms with van der Waals surface area (Å²) in [5.41, 5.74) is 7.03. The second kappa shape index (κ2) is 12.0. The summed E-state index contributed by atoms with van der Waals surface area (Å²) < 4.78 is 13.5. The molecule has 4 heteroatoms. The Morgan fingerprint density at radius 2 is 1.23 bits per heavy atom. The van der Waals surface area contributed by atoms with Gasteiger partial charge in [-0.05, 0) is 63.6 Å². The third kappa shape index (κ3) is 6.30. The van der Waals surface area contributed by atoms with Gasteiger partial charge in [-0.2, -0.15) is 0 Å². The monoisotopic (exact) mass is 502 g/mol. The second-order valence-corrected chi connectivity index (χ2v) is 18.3. The molecule has 3 nitrogen and oxygen atoms in total. The number of hydrogen-bond donors (Lipinski definition) is 0. The van der Waals surface area contributed by atoms with Crippen LogP contribution < -0.4 is 0 Å². The highest BCUT2D eigenvalue weighted by molar-refractivity contribution is 6.77. The van der Waals surface area contributed by atoms with E-state index in [2.05, 4.69) is 102 Å². The number of benzene rings is 1. The molecule has 1 aromatic carbocycles. The van der Waals surface area contributed by atoms with Crippen LogP contribution in [0.3, 0.4) is 0 Å². The number of carbonyl (C=O) groups is 1. The molecule has 1 aliphatic rings. The molecule has 0 bridgehead atoms. The van der Waals surface area contributed by atoms with Gasteiger partial charge in [0.25, 0.3) is 0 Å². The zero-order valence-corrected chi connectivity index (χ0v) is 26.0. The number of ketones is 1. The third-order valence-electron chi connectivity index (χ3n) is 8.45. The Balaban J connectivity index is 2.30. The Labute approximate surface area is 217 Å². The molecule has 1 saturated carbocycles. The van der Waals surface area contributed by atoms with Crippen LogP contribution in [0.4, 0.5) is 0 Å². The number of carbonyl (C=O) groups excluding carboxylic acids is 1. The average Bonchev–Trinajstić information content (AvgIpc) is 2.74. The number of hydrogen-bond acceptors (Lipinski definition) is 3. The summed E-state index contributed by atoms with van der Waals surface area (Å²) in [6, 6.07) is 4.77. The molecule has 1 aliphatic carbocycles. The molecule has 1 aromatic rings. The predicted molar refractivity (Wildman–Crippen MR) is 152 cm³/mol. The Kier molecular flexibility index (Phi) is 10.4. The van der Waals surface area contributed by atoms with E-state index in [1.165, 1.54) is 22.3 Å². The summed E-state index contributed by atoms with van der Waals surface area (Å²) in [5, 5.41) is 0. The summed E-state index contributed by atoms with van der Waals surface area (Å²) in [6.07, 6.45) is 0.408. The molecule has 0 heterocycles. The minimum absolute atomic E-state index is 0.0473. The molecular formula is C31H54O3Si. The zero-order valence-electron chi connectivity index (χ0n) is 25.0. The van der Waals surface area contributed by atoms with Crippen LogP contribution in [0.15, 0.2) is 12.1 Å². The first-order chi connectivity index (χ1) is 16.1. The Bertz CT molecular complexity index is 802. The molecule has 200 valence electrons. The SMILES string of the molecule is CC(C)c1cc(C(C)C)c([C@@H](C)O[C@H]2CC(=O)[C@H]2CO[Si](C(C)C)(C(C)C)C(C)C)c(C(C)C)c1. The maximum Gasteiger partial charge on any atom is 0.200 e. The maximum atomic E-state index is 12.7. The van der Waals surface area contributed by atoms with Crippen molar-refractivity contribution < 1.29 is 14.0 Å². The molecule has 35 heavy (non-hydrogen) atoms. The molecule has 0 aromatic heterocycles. The molecule has 0 spiro atoms. The molecule has 2 rings (SSSR count). The van der Waals surface area contributed by atoms with Crippen molar-refractivity contribution in [3.63, 3.8) is 0 Å². The van der Waals surface area contributed by atoms with Crippen LogP contribution in [-0.4, -0.2) is 26.8 Å². The predicted octanol–water partition coefficient (Wildman–Crippen LogP) is 9.28. The summed E-state index contributed by atoms with van der Waals surface area (Å²) in [5.74, 6) is 1.49. The molecule has 0 saturated heterocycles. The number of Topliss-reactive ketones (excluding diaryl/α,β-unsaturated/α-hetero) is 1. The van der Waals surface area contributed by atoms with E-state index in [0.717, 1.165) is 0 Å². The molecule has 0 amide bonds. The summed E-state index contributed by atoms with van der Waals surface area (Å²) in [4.78, 5) is 12.7. The van der Waals surface area contributed by atoms with Gasteiger partial charge in [-0.1, -0.05) is 95.2 Å². The van der Waals surface area contributed by atoms with Gasteiger partial charge in [0.1, 0.15) is 5.78 Å². The lowest BCUT2D eigenvalue weighted by Gasteiger charge is -2.45. The Morgan fingerprint density at radius 3 is 1.57 bits per heavy atom. The van der Waals surface area contributed by atoms with E-state index in [9.17, 15) is 4.79 Å². The van der Waals surface area contributed by atoms with Crippen LogP contribution in [-0.2, 0) is 14.0 Å². The Morgan fingerprint density at radius 1 is 0.771 bits per heavy atom. The maximum absolute atomic E-state index is 12.7. The fourth-order valence-corrected chi connectivity index (χ4v) is 11.9. The first kappa shape index (κ1) is 30.3. The van der Waals surface area contributed by atoms with E-state index in [1.54, 1.807) is 0 Å². The lowest BCUT2D eigenvalue weighted by Crippen LogP contribution is -2.53. The summed E-state index contributed by atoms with van der Waals surface area (Å²) in [6.45, 7) is 30.1. The van der Waals surface area contributed by atoms with Crippen molar-refractivity contribution in [1.82, 2.24) is 0 Å². The molecule has 1 fully saturated rings. The highest BCUT2D eigenvalue weighted by Gasteiger charge is 2.48. The van der Waals surface area contributed by atoms with Gasteiger partial charge in [0, 0.05) is 13.0 Å². The van der Waals surface area contributed by atoms with Crippen LogP contribution in [0.2, 0.25) is 16.6 Å². The summed E-state index contributed by atoms with van der Waals surface area (Å²) >= 11 is 0. The lowest BCUT2D eigenvalue weighted by atomic mass is 9.80. The molecule has 0 unspecified atom stereocenters. The van der Waals surface area contributed by atoms with Crippen molar-refractivity contribution in [2.24, 2.45) is 5.92 Å². The largest absolute Gasteiger partial charge is 0.415 e. The van der Waals surface area contributed by atoms with Gasteiger partial charge < -0.3 is 9.16 Å². The first-order valence-electron chi connectivity index (χ1n) is 14.1. The van der Waals surface area contributed by atoms with Crippen molar-refractivity contribution in [3.05, 3.63) is 34.4 Å². The van der Waals surface area contributed by atoms with Gasteiger partial charge in [-0.3, -0.25) is 4.79 Å². The number of rotatable bonds is 12. The van der Waals surface area contributed by atoms with Crippen molar-refractivity contribution in [1.29, 1.82) is 0 Å². The lowest BCUT2D eigenvalue weighted by molar-refractivity contribution is -0.154.